The molecule has 3 rings (SSSR count). The number of benzene rings is 2. The number of rotatable bonds is 3. The molecule has 2 aromatic carbocycles. The number of hydrogen-bond donors (Lipinski definition) is 1. The number of para-hydroxylation sites is 1. The fraction of sp³-hybridized carbons (Fsp3) is 0.176. The summed E-state index contributed by atoms with van der Waals surface area (Å²) in [5.41, 5.74) is 0.637. The van der Waals surface area contributed by atoms with Crippen molar-refractivity contribution >= 4 is 46.4 Å². The van der Waals surface area contributed by atoms with E-state index in [4.69, 9.17) is 23.2 Å². The summed E-state index contributed by atoms with van der Waals surface area (Å²) in [4.78, 5) is 25.8. The molecular formula is C17H13Cl2FN2O2. The third-order valence-electron chi connectivity index (χ3n) is 3.77. The molecule has 124 valence electrons. The molecule has 1 fully saturated rings. The van der Waals surface area contributed by atoms with E-state index in [1.807, 2.05) is 0 Å². The predicted molar refractivity (Wildman–Crippen MR) is 92.0 cm³/mol. The van der Waals surface area contributed by atoms with Gasteiger partial charge in [0.25, 0.3) is 0 Å². The lowest BCUT2D eigenvalue weighted by Gasteiger charge is -2.17. The van der Waals surface area contributed by atoms with E-state index in [1.165, 1.54) is 17.0 Å². The SMILES string of the molecule is O=C(Nc1cc(Cl)cc(Cl)c1)[C@H]1CC(=O)N(c2ccccc2F)C1. The topological polar surface area (TPSA) is 49.4 Å². The number of hydrogen-bond acceptors (Lipinski definition) is 2. The van der Waals surface area contributed by atoms with Gasteiger partial charge >= 0.3 is 0 Å². The molecule has 1 atom stereocenters. The molecule has 1 aliphatic heterocycles. The average Bonchev–Trinajstić information content (AvgIpc) is 2.88. The van der Waals surface area contributed by atoms with Gasteiger partial charge in [-0.1, -0.05) is 35.3 Å². The fourth-order valence-corrected chi connectivity index (χ4v) is 3.18. The predicted octanol–water partition coefficient (Wildman–Crippen LogP) is 4.12. The Balaban J connectivity index is 1.73. The molecule has 4 nitrogen and oxygen atoms in total. The van der Waals surface area contributed by atoms with E-state index >= 15 is 0 Å². The minimum Gasteiger partial charge on any atom is -0.326 e. The van der Waals surface area contributed by atoms with E-state index in [9.17, 15) is 14.0 Å². The summed E-state index contributed by atoms with van der Waals surface area (Å²) in [7, 11) is 0. The van der Waals surface area contributed by atoms with Gasteiger partial charge in [0.15, 0.2) is 0 Å². The molecule has 0 bridgehead atoms. The molecule has 0 aromatic heterocycles. The van der Waals surface area contributed by atoms with Crippen molar-refractivity contribution < 1.29 is 14.0 Å². The highest BCUT2D eigenvalue weighted by atomic mass is 35.5. The monoisotopic (exact) mass is 366 g/mol. The zero-order valence-corrected chi connectivity index (χ0v) is 13.9. The molecule has 0 radical (unpaired) electrons. The van der Waals surface area contributed by atoms with Crippen molar-refractivity contribution in [2.45, 2.75) is 6.42 Å². The third kappa shape index (κ3) is 3.52. The van der Waals surface area contributed by atoms with Crippen LogP contribution in [-0.4, -0.2) is 18.4 Å². The molecule has 2 amide bonds. The molecule has 1 aliphatic rings. The van der Waals surface area contributed by atoms with Crippen LogP contribution in [0.3, 0.4) is 0 Å². The Kier molecular flexibility index (Phi) is 4.73. The molecule has 0 spiro atoms. The van der Waals surface area contributed by atoms with E-state index in [0.717, 1.165) is 0 Å². The summed E-state index contributed by atoms with van der Waals surface area (Å²) in [6.45, 7) is 0.125. The maximum Gasteiger partial charge on any atom is 0.229 e. The van der Waals surface area contributed by atoms with Gasteiger partial charge in [-0.25, -0.2) is 4.39 Å². The van der Waals surface area contributed by atoms with Crippen LogP contribution < -0.4 is 10.2 Å². The Morgan fingerprint density at radius 1 is 1.17 bits per heavy atom. The van der Waals surface area contributed by atoms with Gasteiger partial charge in [-0.2, -0.15) is 0 Å². The van der Waals surface area contributed by atoms with Gasteiger partial charge in [-0.05, 0) is 30.3 Å². The second-order valence-corrected chi connectivity index (χ2v) is 6.38. The third-order valence-corrected chi connectivity index (χ3v) is 4.21. The summed E-state index contributed by atoms with van der Waals surface area (Å²) < 4.78 is 13.9. The minimum absolute atomic E-state index is 0.0223. The molecule has 1 N–H and O–H groups in total. The lowest BCUT2D eigenvalue weighted by molar-refractivity contribution is -0.122. The highest BCUT2D eigenvalue weighted by Crippen LogP contribution is 2.29. The molecule has 2 aromatic rings. The van der Waals surface area contributed by atoms with Crippen LogP contribution in [0.25, 0.3) is 0 Å². The first-order valence-corrected chi connectivity index (χ1v) is 8.01. The van der Waals surface area contributed by atoms with Crippen molar-refractivity contribution in [3.63, 3.8) is 0 Å². The first-order chi connectivity index (χ1) is 11.4. The lowest BCUT2D eigenvalue weighted by Crippen LogP contribution is -2.28. The van der Waals surface area contributed by atoms with Crippen LogP contribution in [0.2, 0.25) is 10.0 Å². The molecular weight excluding hydrogens is 354 g/mol. The zero-order chi connectivity index (χ0) is 17.3. The molecule has 7 heteroatoms. The summed E-state index contributed by atoms with van der Waals surface area (Å²) in [5, 5.41) is 3.49. The molecule has 0 saturated carbocycles. The average molecular weight is 367 g/mol. The molecule has 24 heavy (non-hydrogen) atoms. The number of anilines is 2. The first-order valence-electron chi connectivity index (χ1n) is 7.26. The number of nitrogens with zero attached hydrogens (tertiary/aromatic N) is 1. The second-order valence-electron chi connectivity index (χ2n) is 5.50. The van der Waals surface area contributed by atoms with Crippen molar-refractivity contribution in [1.82, 2.24) is 0 Å². The van der Waals surface area contributed by atoms with E-state index < -0.39 is 11.7 Å². The van der Waals surface area contributed by atoms with E-state index in [0.29, 0.717) is 15.7 Å². The van der Waals surface area contributed by atoms with Gasteiger partial charge in [0.2, 0.25) is 11.8 Å². The molecule has 1 heterocycles. The van der Waals surface area contributed by atoms with Gasteiger partial charge in [0, 0.05) is 28.7 Å². The molecule has 0 aliphatic carbocycles. The van der Waals surface area contributed by atoms with Crippen LogP contribution in [-0.2, 0) is 9.59 Å². The Morgan fingerprint density at radius 3 is 2.50 bits per heavy atom. The molecule has 0 unspecified atom stereocenters. The summed E-state index contributed by atoms with van der Waals surface area (Å²) in [6, 6.07) is 10.7. The lowest BCUT2D eigenvalue weighted by atomic mass is 10.1. The number of halogens is 3. The number of carbonyl (C=O) groups excluding carboxylic acids is 2. The van der Waals surface area contributed by atoms with Gasteiger partial charge in [0.1, 0.15) is 5.82 Å². The number of nitrogens with one attached hydrogen (secondary N) is 1. The van der Waals surface area contributed by atoms with Gasteiger partial charge in [-0.15, -0.1) is 0 Å². The van der Waals surface area contributed by atoms with Crippen molar-refractivity contribution in [2.24, 2.45) is 5.92 Å². The smallest absolute Gasteiger partial charge is 0.229 e. The van der Waals surface area contributed by atoms with Gasteiger partial charge in [-0.3, -0.25) is 9.59 Å². The van der Waals surface area contributed by atoms with E-state index in [-0.39, 0.29) is 30.5 Å². The van der Waals surface area contributed by atoms with Crippen LogP contribution in [0.1, 0.15) is 6.42 Å². The Morgan fingerprint density at radius 2 is 1.83 bits per heavy atom. The van der Waals surface area contributed by atoms with E-state index in [2.05, 4.69) is 5.32 Å². The van der Waals surface area contributed by atoms with Crippen LogP contribution in [0, 0.1) is 11.7 Å². The standard InChI is InChI=1S/C17H13Cl2FN2O2/c18-11-6-12(19)8-13(7-11)21-17(24)10-5-16(23)22(9-10)15-4-2-1-3-14(15)20/h1-4,6-8,10H,5,9H2,(H,21,24)/t10-/m0/s1. The largest absolute Gasteiger partial charge is 0.326 e. The summed E-state index contributed by atoms with van der Waals surface area (Å²) in [6.07, 6.45) is 0.0223. The van der Waals surface area contributed by atoms with Crippen LogP contribution >= 0.6 is 23.2 Å². The van der Waals surface area contributed by atoms with E-state index in [1.54, 1.807) is 30.3 Å². The van der Waals surface area contributed by atoms with Gasteiger partial charge < -0.3 is 10.2 Å². The van der Waals surface area contributed by atoms with Crippen molar-refractivity contribution in [2.75, 3.05) is 16.8 Å². The minimum atomic E-state index is -0.574. The van der Waals surface area contributed by atoms with Crippen molar-refractivity contribution in [1.29, 1.82) is 0 Å². The van der Waals surface area contributed by atoms with Crippen LogP contribution in [0.15, 0.2) is 42.5 Å². The maximum absolute atomic E-state index is 13.9. The van der Waals surface area contributed by atoms with Gasteiger partial charge in [0.05, 0.1) is 11.6 Å². The highest BCUT2D eigenvalue weighted by Gasteiger charge is 2.36. The zero-order valence-electron chi connectivity index (χ0n) is 12.4. The maximum atomic E-state index is 13.9. The Hall–Kier alpha value is -2.11. The van der Waals surface area contributed by atoms with Crippen molar-refractivity contribution in [3.05, 3.63) is 58.3 Å². The number of amides is 2. The fourth-order valence-electron chi connectivity index (χ4n) is 2.66. The van der Waals surface area contributed by atoms with Crippen LogP contribution in [0.5, 0.6) is 0 Å². The summed E-state index contributed by atoms with van der Waals surface area (Å²) in [5.74, 6) is -1.69. The molecule has 1 saturated heterocycles. The van der Waals surface area contributed by atoms with Crippen LogP contribution in [0.4, 0.5) is 15.8 Å². The second kappa shape index (κ2) is 6.79. The quantitative estimate of drug-likeness (QED) is 0.887. The Bertz CT molecular complexity index is 793. The Labute approximate surface area is 148 Å². The summed E-state index contributed by atoms with van der Waals surface area (Å²) >= 11 is 11.8. The van der Waals surface area contributed by atoms with Crippen molar-refractivity contribution in [3.8, 4) is 0 Å². The first kappa shape index (κ1) is 16.7. The highest BCUT2D eigenvalue weighted by molar-refractivity contribution is 6.35. The normalized spacial score (nSPS) is 17.2. The number of carbonyl (C=O) groups is 2.